The van der Waals surface area contributed by atoms with Crippen LogP contribution in [0.4, 0.5) is 13.2 Å². The van der Waals surface area contributed by atoms with Crippen LogP contribution in [-0.4, -0.2) is 59.9 Å². The number of H-pyrrole nitrogens is 1. The highest BCUT2D eigenvalue weighted by Gasteiger charge is 2.30. The van der Waals surface area contributed by atoms with E-state index in [1.165, 1.54) is 35.5 Å². The lowest BCUT2D eigenvalue weighted by atomic mass is 10.1. The second-order valence-corrected chi connectivity index (χ2v) is 9.76. The van der Waals surface area contributed by atoms with Crippen LogP contribution in [0.15, 0.2) is 72.2 Å². The van der Waals surface area contributed by atoms with Crippen molar-refractivity contribution in [1.82, 2.24) is 14.8 Å². The SMILES string of the molecule is COCCN(CC(=O)N(CCc1c[nH]c2ccccc12)Cc1ccc(C(F)(F)F)cc1)C(=O)c1cccs1. The van der Waals surface area contributed by atoms with Crippen molar-refractivity contribution in [3.8, 4) is 0 Å². The number of nitrogens with one attached hydrogen (secondary N) is 1. The van der Waals surface area contributed by atoms with E-state index in [1.807, 2.05) is 30.5 Å². The monoisotopic (exact) mass is 543 g/mol. The van der Waals surface area contributed by atoms with Gasteiger partial charge in [0.15, 0.2) is 0 Å². The van der Waals surface area contributed by atoms with Crippen molar-refractivity contribution in [3.63, 3.8) is 0 Å². The van der Waals surface area contributed by atoms with Gasteiger partial charge in [0.2, 0.25) is 5.91 Å². The van der Waals surface area contributed by atoms with Crippen molar-refractivity contribution in [2.75, 3.05) is 33.4 Å². The number of aromatic nitrogens is 1. The molecule has 2 amide bonds. The zero-order valence-electron chi connectivity index (χ0n) is 20.8. The van der Waals surface area contributed by atoms with Crippen LogP contribution in [0.5, 0.6) is 0 Å². The largest absolute Gasteiger partial charge is 0.416 e. The Hall–Kier alpha value is -3.63. The van der Waals surface area contributed by atoms with Crippen molar-refractivity contribution < 1.29 is 27.5 Å². The molecule has 2 aromatic carbocycles. The van der Waals surface area contributed by atoms with E-state index in [2.05, 4.69) is 4.98 Å². The average molecular weight is 544 g/mol. The molecule has 0 radical (unpaired) electrons. The van der Waals surface area contributed by atoms with Crippen LogP contribution in [-0.2, 0) is 28.7 Å². The van der Waals surface area contributed by atoms with E-state index in [4.69, 9.17) is 4.74 Å². The quantitative estimate of drug-likeness (QED) is 0.268. The standard InChI is InChI=1S/C28H28F3N3O3S/c1-37-15-14-34(27(36)25-7-4-16-38-25)19-26(35)33(18-20-8-10-22(11-9-20)28(29,30)31)13-12-21-17-32-24-6-3-2-5-23(21)24/h2-11,16-17,32H,12-15,18-19H2,1H3. The number of hydrogen-bond donors (Lipinski definition) is 1. The minimum atomic E-state index is -4.44. The van der Waals surface area contributed by atoms with Crippen molar-refractivity contribution in [3.05, 3.63) is 93.8 Å². The molecule has 6 nitrogen and oxygen atoms in total. The van der Waals surface area contributed by atoms with E-state index in [1.54, 1.807) is 22.4 Å². The minimum absolute atomic E-state index is 0.116. The lowest BCUT2D eigenvalue weighted by Gasteiger charge is -2.28. The lowest BCUT2D eigenvalue weighted by molar-refractivity contribution is -0.137. The maximum absolute atomic E-state index is 13.6. The normalized spacial score (nSPS) is 11.6. The van der Waals surface area contributed by atoms with Gasteiger partial charge in [0.1, 0.15) is 6.54 Å². The van der Waals surface area contributed by atoms with Gasteiger partial charge in [0.05, 0.1) is 17.0 Å². The molecule has 0 bridgehead atoms. The molecule has 0 spiro atoms. The summed E-state index contributed by atoms with van der Waals surface area (Å²) in [5, 5.41) is 2.84. The third-order valence-corrected chi connectivity index (χ3v) is 7.10. The fourth-order valence-corrected chi connectivity index (χ4v) is 4.87. The van der Waals surface area contributed by atoms with E-state index in [0.29, 0.717) is 23.4 Å². The van der Waals surface area contributed by atoms with Gasteiger partial charge in [-0.15, -0.1) is 11.3 Å². The molecule has 0 unspecified atom stereocenters. The molecule has 4 rings (SSSR count). The molecule has 0 saturated heterocycles. The van der Waals surface area contributed by atoms with Crippen LogP contribution < -0.4 is 0 Å². The molecule has 0 atom stereocenters. The van der Waals surface area contributed by atoms with Gasteiger partial charge in [-0.25, -0.2) is 0 Å². The molecule has 200 valence electrons. The molecule has 0 aliphatic carbocycles. The Balaban J connectivity index is 1.54. The molecule has 2 aromatic heterocycles. The molecule has 38 heavy (non-hydrogen) atoms. The van der Waals surface area contributed by atoms with Crippen LogP contribution in [0, 0.1) is 0 Å². The Labute approximate surface area is 222 Å². The molecule has 10 heteroatoms. The Kier molecular flexibility index (Phi) is 8.85. The molecular weight excluding hydrogens is 515 g/mol. The molecular formula is C28H28F3N3O3S. The number of fused-ring (bicyclic) bond motifs is 1. The topological polar surface area (TPSA) is 65.6 Å². The van der Waals surface area contributed by atoms with Crippen LogP contribution in [0.2, 0.25) is 0 Å². The second-order valence-electron chi connectivity index (χ2n) is 8.82. The third-order valence-electron chi connectivity index (χ3n) is 6.24. The van der Waals surface area contributed by atoms with Gasteiger partial charge < -0.3 is 19.5 Å². The highest BCUT2D eigenvalue weighted by molar-refractivity contribution is 7.12. The number of benzene rings is 2. The number of amides is 2. The number of para-hydroxylation sites is 1. The zero-order valence-corrected chi connectivity index (χ0v) is 21.6. The summed E-state index contributed by atoms with van der Waals surface area (Å²) in [6.07, 6.45) is -2.00. The first-order valence-electron chi connectivity index (χ1n) is 12.1. The van der Waals surface area contributed by atoms with Gasteiger partial charge in [0.25, 0.3) is 5.91 Å². The summed E-state index contributed by atoms with van der Waals surface area (Å²) in [5.41, 5.74) is 1.83. The summed E-state index contributed by atoms with van der Waals surface area (Å²) in [6, 6.07) is 16.1. The summed E-state index contributed by atoms with van der Waals surface area (Å²) in [6.45, 7) is 0.764. The van der Waals surface area contributed by atoms with Gasteiger partial charge in [-0.1, -0.05) is 36.4 Å². The fraction of sp³-hybridized carbons (Fsp3) is 0.286. The first kappa shape index (κ1) is 27.4. The van der Waals surface area contributed by atoms with Gasteiger partial charge in [-0.05, 0) is 47.2 Å². The second kappa shape index (κ2) is 12.3. The molecule has 0 saturated carbocycles. The summed E-state index contributed by atoms with van der Waals surface area (Å²) in [7, 11) is 1.52. The third kappa shape index (κ3) is 6.81. The Morgan fingerprint density at radius 3 is 2.42 bits per heavy atom. The molecule has 4 aromatic rings. The van der Waals surface area contributed by atoms with E-state index in [9.17, 15) is 22.8 Å². The smallest absolute Gasteiger partial charge is 0.383 e. The highest BCUT2D eigenvalue weighted by atomic mass is 32.1. The minimum Gasteiger partial charge on any atom is -0.383 e. The van der Waals surface area contributed by atoms with E-state index in [-0.39, 0.29) is 38.1 Å². The molecule has 0 aliphatic heterocycles. The maximum Gasteiger partial charge on any atom is 0.416 e. The average Bonchev–Trinajstić information content (AvgIpc) is 3.59. The summed E-state index contributed by atoms with van der Waals surface area (Å²) in [5.74, 6) is -0.567. The van der Waals surface area contributed by atoms with Crippen molar-refractivity contribution in [2.24, 2.45) is 0 Å². The molecule has 2 heterocycles. The lowest BCUT2D eigenvalue weighted by Crippen LogP contribution is -2.44. The maximum atomic E-state index is 13.6. The van der Waals surface area contributed by atoms with Crippen LogP contribution in [0.25, 0.3) is 10.9 Å². The Bertz CT molecular complexity index is 1350. The van der Waals surface area contributed by atoms with E-state index >= 15 is 0 Å². The number of hydrogen-bond acceptors (Lipinski definition) is 4. The fourth-order valence-electron chi connectivity index (χ4n) is 4.18. The van der Waals surface area contributed by atoms with Crippen molar-refractivity contribution in [1.29, 1.82) is 0 Å². The van der Waals surface area contributed by atoms with Gasteiger partial charge >= 0.3 is 6.18 Å². The number of ether oxygens (including phenoxy) is 1. The van der Waals surface area contributed by atoms with Crippen LogP contribution in [0.3, 0.4) is 0 Å². The number of nitrogens with zero attached hydrogens (tertiary/aromatic N) is 2. The van der Waals surface area contributed by atoms with Crippen molar-refractivity contribution in [2.45, 2.75) is 19.1 Å². The molecule has 0 aliphatic rings. The van der Waals surface area contributed by atoms with Gasteiger partial charge in [0, 0.05) is 43.8 Å². The first-order valence-corrected chi connectivity index (χ1v) is 12.9. The number of carbonyl (C=O) groups is 2. The first-order chi connectivity index (χ1) is 18.3. The Morgan fingerprint density at radius 2 is 1.74 bits per heavy atom. The number of rotatable bonds is 11. The molecule has 0 fully saturated rings. The van der Waals surface area contributed by atoms with Crippen LogP contribution >= 0.6 is 11.3 Å². The predicted molar refractivity (Wildman–Crippen MR) is 141 cm³/mol. The highest BCUT2D eigenvalue weighted by Crippen LogP contribution is 2.29. The van der Waals surface area contributed by atoms with Crippen molar-refractivity contribution >= 4 is 34.1 Å². The molecule has 1 N–H and O–H groups in total. The number of aromatic amines is 1. The van der Waals surface area contributed by atoms with Gasteiger partial charge in [-0.2, -0.15) is 13.2 Å². The predicted octanol–water partition coefficient (Wildman–Crippen LogP) is 5.61. The van der Waals surface area contributed by atoms with Gasteiger partial charge in [-0.3, -0.25) is 9.59 Å². The number of carbonyl (C=O) groups excluding carboxylic acids is 2. The summed E-state index contributed by atoms with van der Waals surface area (Å²) < 4.78 is 44.3. The number of methoxy groups -OCH3 is 1. The zero-order chi connectivity index (χ0) is 27.1. The number of thiophene rings is 1. The van der Waals surface area contributed by atoms with E-state index < -0.39 is 11.7 Å². The Morgan fingerprint density at radius 1 is 0.974 bits per heavy atom. The number of alkyl halides is 3. The number of halogens is 3. The van der Waals surface area contributed by atoms with Crippen LogP contribution in [0.1, 0.15) is 26.4 Å². The summed E-state index contributed by atoms with van der Waals surface area (Å²) >= 11 is 1.29. The summed E-state index contributed by atoms with van der Waals surface area (Å²) in [4.78, 5) is 33.4. The van der Waals surface area contributed by atoms with E-state index in [0.717, 1.165) is 28.6 Å².